The van der Waals surface area contributed by atoms with Crippen molar-refractivity contribution in [2.45, 2.75) is 33.7 Å². The van der Waals surface area contributed by atoms with Gasteiger partial charge in [0.1, 0.15) is 0 Å². The summed E-state index contributed by atoms with van der Waals surface area (Å²) in [5.74, 6) is 0. The molecule has 1 atom stereocenters. The maximum atomic E-state index is 4.46. The molecule has 2 aromatic rings. The van der Waals surface area contributed by atoms with Crippen LogP contribution in [0.1, 0.15) is 32.0 Å². The normalized spacial score (nSPS) is 13.8. The Kier molecular flexibility index (Phi) is 5.54. The second kappa shape index (κ2) is 7.60. The Labute approximate surface area is 133 Å². The third kappa shape index (κ3) is 4.32. The minimum absolute atomic E-state index is 0.288. The molecular formula is C20H24N2. The highest BCUT2D eigenvalue weighted by Crippen LogP contribution is 2.17. The number of hydrogen-bond acceptors (Lipinski definition) is 2. The fraction of sp³-hybridized carbons (Fsp3) is 0.250. The lowest BCUT2D eigenvalue weighted by molar-refractivity contribution is 0.924. The van der Waals surface area contributed by atoms with Crippen molar-refractivity contribution in [2.24, 2.45) is 0 Å². The molecule has 0 bridgehead atoms. The Morgan fingerprint density at radius 3 is 2.45 bits per heavy atom. The lowest BCUT2D eigenvalue weighted by atomic mass is 10.1. The minimum atomic E-state index is 0.288. The van der Waals surface area contributed by atoms with Crippen molar-refractivity contribution in [3.05, 3.63) is 77.6 Å². The van der Waals surface area contributed by atoms with E-state index in [4.69, 9.17) is 0 Å². The number of hydrogen-bond donors (Lipinski definition) is 1. The Hall–Kier alpha value is -2.35. The molecule has 1 aromatic carbocycles. The number of allylic oxidation sites excluding steroid dienone is 3. The number of aryl methyl sites for hydroxylation is 1. The molecule has 114 valence electrons. The summed E-state index contributed by atoms with van der Waals surface area (Å²) in [6.07, 6.45) is 6.16. The average Bonchev–Trinajstić information content (AvgIpc) is 2.53. The first-order valence-corrected chi connectivity index (χ1v) is 7.66. The highest BCUT2D eigenvalue weighted by Gasteiger charge is 2.04. The van der Waals surface area contributed by atoms with Crippen LogP contribution in [0.3, 0.4) is 0 Å². The van der Waals surface area contributed by atoms with Crippen LogP contribution in [-0.2, 0) is 0 Å². The summed E-state index contributed by atoms with van der Waals surface area (Å²) in [4.78, 5) is 4.46. The number of para-hydroxylation sites is 1. The quantitative estimate of drug-likeness (QED) is 0.762. The first-order chi connectivity index (χ1) is 10.6. The zero-order chi connectivity index (χ0) is 15.9. The van der Waals surface area contributed by atoms with E-state index < -0.39 is 0 Å². The van der Waals surface area contributed by atoms with Crippen LogP contribution in [0, 0.1) is 6.92 Å². The molecule has 0 fully saturated rings. The predicted octanol–water partition coefficient (Wildman–Crippen LogP) is 5.24. The van der Waals surface area contributed by atoms with Gasteiger partial charge in [-0.1, -0.05) is 42.0 Å². The second-order valence-corrected chi connectivity index (χ2v) is 5.66. The predicted molar refractivity (Wildman–Crippen MR) is 95.9 cm³/mol. The maximum absolute atomic E-state index is 4.46. The van der Waals surface area contributed by atoms with Crippen molar-refractivity contribution in [3.63, 3.8) is 0 Å². The molecule has 0 amide bonds. The summed E-state index contributed by atoms with van der Waals surface area (Å²) in [6.45, 7) is 8.52. The van der Waals surface area contributed by atoms with E-state index in [0.717, 1.165) is 11.4 Å². The van der Waals surface area contributed by atoms with Crippen LogP contribution in [0.5, 0.6) is 0 Å². The van der Waals surface area contributed by atoms with Crippen molar-refractivity contribution >= 4 is 11.3 Å². The van der Waals surface area contributed by atoms with Crippen LogP contribution in [0.25, 0.3) is 5.57 Å². The molecule has 1 unspecified atom stereocenters. The van der Waals surface area contributed by atoms with Crippen LogP contribution in [-0.4, -0.2) is 11.0 Å². The zero-order valence-corrected chi connectivity index (χ0v) is 13.8. The van der Waals surface area contributed by atoms with E-state index in [1.54, 1.807) is 0 Å². The summed E-state index contributed by atoms with van der Waals surface area (Å²) < 4.78 is 0. The van der Waals surface area contributed by atoms with E-state index >= 15 is 0 Å². The van der Waals surface area contributed by atoms with E-state index in [1.165, 1.54) is 16.7 Å². The fourth-order valence-corrected chi connectivity index (χ4v) is 2.28. The summed E-state index contributed by atoms with van der Waals surface area (Å²) in [7, 11) is 0. The second-order valence-electron chi connectivity index (χ2n) is 5.66. The maximum Gasteiger partial charge on any atom is 0.0687 e. The third-order valence-corrected chi connectivity index (χ3v) is 3.82. The van der Waals surface area contributed by atoms with Gasteiger partial charge in [-0.3, -0.25) is 4.98 Å². The lowest BCUT2D eigenvalue weighted by Crippen LogP contribution is -2.16. The van der Waals surface area contributed by atoms with E-state index in [-0.39, 0.29) is 6.04 Å². The van der Waals surface area contributed by atoms with Crippen LogP contribution in [0.4, 0.5) is 5.69 Å². The molecule has 0 saturated carbocycles. The monoisotopic (exact) mass is 292 g/mol. The van der Waals surface area contributed by atoms with Gasteiger partial charge in [0, 0.05) is 17.9 Å². The summed E-state index contributed by atoms with van der Waals surface area (Å²) in [5.41, 5.74) is 5.89. The standard InChI is InChI=1S/C20H24N2/c1-15(18(4)22-19-10-6-5-7-11-19)12-13-17(3)20-16(2)9-8-14-21-20/h5-14,18,22H,1-4H3/b15-12+,17-13+. The Bertz CT molecular complexity index is 669. The van der Waals surface area contributed by atoms with E-state index in [1.807, 2.05) is 30.5 Å². The highest BCUT2D eigenvalue weighted by atomic mass is 14.9. The molecule has 22 heavy (non-hydrogen) atoms. The van der Waals surface area contributed by atoms with Crippen molar-refractivity contribution < 1.29 is 0 Å². The number of nitrogens with zero attached hydrogens (tertiary/aromatic N) is 1. The van der Waals surface area contributed by atoms with Crippen LogP contribution in [0.15, 0.2) is 66.4 Å². The van der Waals surface area contributed by atoms with Crippen LogP contribution in [0.2, 0.25) is 0 Å². The Morgan fingerprint density at radius 1 is 1.05 bits per heavy atom. The zero-order valence-electron chi connectivity index (χ0n) is 13.8. The van der Waals surface area contributed by atoms with Gasteiger partial charge in [-0.15, -0.1) is 0 Å². The Balaban J connectivity index is 2.08. The lowest BCUT2D eigenvalue weighted by Gasteiger charge is -2.15. The van der Waals surface area contributed by atoms with Gasteiger partial charge in [-0.05, 0) is 57.0 Å². The minimum Gasteiger partial charge on any atom is -0.379 e. The van der Waals surface area contributed by atoms with Gasteiger partial charge in [-0.25, -0.2) is 0 Å². The molecule has 2 nitrogen and oxygen atoms in total. The number of anilines is 1. The van der Waals surface area contributed by atoms with Gasteiger partial charge in [0.15, 0.2) is 0 Å². The van der Waals surface area contributed by atoms with Crippen molar-refractivity contribution in [2.75, 3.05) is 5.32 Å². The Morgan fingerprint density at radius 2 is 1.77 bits per heavy atom. The van der Waals surface area contributed by atoms with Gasteiger partial charge in [0.25, 0.3) is 0 Å². The summed E-state index contributed by atoms with van der Waals surface area (Å²) >= 11 is 0. The van der Waals surface area contributed by atoms with Gasteiger partial charge >= 0.3 is 0 Å². The molecule has 0 radical (unpaired) electrons. The largest absolute Gasteiger partial charge is 0.379 e. The first-order valence-electron chi connectivity index (χ1n) is 7.66. The molecule has 0 aliphatic rings. The summed E-state index contributed by atoms with van der Waals surface area (Å²) in [6, 6.07) is 14.6. The van der Waals surface area contributed by atoms with E-state index in [2.05, 4.69) is 68.3 Å². The smallest absolute Gasteiger partial charge is 0.0687 e. The van der Waals surface area contributed by atoms with E-state index in [0.29, 0.717) is 0 Å². The van der Waals surface area contributed by atoms with Crippen molar-refractivity contribution in [1.29, 1.82) is 0 Å². The van der Waals surface area contributed by atoms with Crippen LogP contribution < -0.4 is 5.32 Å². The molecule has 0 aliphatic heterocycles. The van der Waals surface area contributed by atoms with Crippen molar-refractivity contribution in [3.8, 4) is 0 Å². The van der Waals surface area contributed by atoms with E-state index in [9.17, 15) is 0 Å². The van der Waals surface area contributed by atoms with Crippen LogP contribution >= 0.6 is 0 Å². The van der Waals surface area contributed by atoms with Gasteiger partial charge in [-0.2, -0.15) is 0 Å². The molecule has 1 N–H and O–H groups in total. The van der Waals surface area contributed by atoms with Gasteiger partial charge in [0.2, 0.25) is 0 Å². The first kappa shape index (κ1) is 16.0. The fourth-order valence-electron chi connectivity index (χ4n) is 2.28. The highest BCUT2D eigenvalue weighted by molar-refractivity contribution is 5.64. The molecule has 1 heterocycles. The summed E-state index contributed by atoms with van der Waals surface area (Å²) in [5, 5.41) is 3.50. The number of nitrogens with one attached hydrogen (secondary N) is 1. The topological polar surface area (TPSA) is 24.9 Å². The number of benzene rings is 1. The molecule has 0 spiro atoms. The SMILES string of the molecule is C/C(=C\C=C(/C)C(C)Nc1ccccc1)c1ncccc1C. The van der Waals surface area contributed by atoms with Crippen molar-refractivity contribution in [1.82, 2.24) is 4.98 Å². The molecule has 0 saturated heterocycles. The number of pyridine rings is 1. The van der Waals surface area contributed by atoms with Gasteiger partial charge < -0.3 is 5.32 Å². The molecule has 1 aromatic heterocycles. The number of aromatic nitrogens is 1. The average molecular weight is 292 g/mol. The molecular weight excluding hydrogens is 268 g/mol. The molecule has 0 aliphatic carbocycles. The third-order valence-electron chi connectivity index (χ3n) is 3.82. The molecule has 2 rings (SSSR count). The molecule has 2 heteroatoms. The number of rotatable bonds is 5. The van der Waals surface area contributed by atoms with Gasteiger partial charge in [0.05, 0.1) is 5.69 Å².